The molecule has 9 heteroatoms. The Bertz CT molecular complexity index is 547. The van der Waals surface area contributed by atoms with Gasteiger partial charge >= 0.3 is 5.69 Å². The first-order valence-corrected chi connectivity index (χ1v) is 7.23. The summed E-state index contributed by atoms with van der Waals surface area (Å²) >= 11 is 0.707. The highest BCUT2D eigenvalue weighted by Gasteiger charge is 2.27. The van der Waals surface area contributed by atoms with E-state index in [4.69, 9.17) is 5.73 Å². The van der Waals surface area contributed by atoms with E-state index in [0.29, 0.717) is 23.8 Å². The molecule has 0 spiro atoms. The van der Waals surface area contributed by atoms with Crippen molar-refractivity contribution in [1.82, 2.24) is 4.72 Å². The second-order valence-corrected chi connectivity index (χ2v) is 6.94. The lowest BCUT2D eigenvalue weighted by atomic mass is 10.4. The quantitative estimate of drug-likeness (QED) is 0.613. The van der Waals surface area contributed by atoms with Gasteiger partial charge in [-0.25, -0.2) is 13.1 Å². The van der Waals surface area contributed by atoms with Crippen LogP contribution in [-0.4, -0.2) is 19.9 Å². The van der Waals surface area contributed by atoms with Crippen LogP contribution < -0.4 is 10.5 Å². The second kappa shape index (κ2) is 4.24. The van der Waals surface area contributed by atoms with Crippen molar-refractivity contribution in [3.8, 4) is 0 Å². The van der Waals surface area contributed by atoms with Gasteiger partial charge in [-0.2, -0.15) is 0 Å². The molecule has 0 aliphatic heterocycles. The van der Waals surface area contributed by atoms with Gasteiger partial charge in [0.25, 0.3) is 0 Å². The molecule has 0 atom stereocenters. The Labute approximate surface area is 102 Å². The average Bonchev–Trinajstić information content (AvgIpc) is 2.97. The first-order chi connectivity index (χ1) is 7.90. The maximum absolute atomic E-state index is 11.8. The fourth-order valence-electron chi connectivity index (χ4n) is 1.27. The van der Waals surface area contributed by atoms with Crippen LogP contribution in [0.2, 0.25) is 0 Å². The molecule has 0 bridgehead atoms. The summed E-state index contributed by atoms with van der Waals surface area (Å²) in [5.74, 6) is 0.400. The molecule has 1 fully saturated rings. The molecule has 0 aromatic carbocycles. The molecule has 1 saturated carbocycles. The van der Waals surface area contributed by atoms with Gasteiger partial charge < -0.3 is 5.73 Å². The first kappa shape index (κ1) is 12.3. The van der Waals surface area contributed by atoms with Crippen molar-refractivity contribution in [3.63, 3.8) is 0 Å². The summed E-state index contributed by atoms with van der Waals surface area (Å²) in [5, 5.41) is 10.5. The van der Waals surface area contributed by atoms with Crippen LogP contribution in [0.25, 0.3) is 0 Å². The summed E-state index contributed by atoms with van der Waals surface area (Å²) in [6.07, 6.45) is 2.05. The van der Waals surface area contributed by atoms with E-state index in [2.05, 4.69) is 4.72 Å². The fourth-order valence-corrected chi connectivity index (χ4v) is 3.64. The molecular weight excluding hydrogens is 266 g/mol. The standard InChI is InChI=1S/C8H11N3O4S2/c9-8-6(11(12)13)3-7(16-8)17(14,15)10-4-5-1-2-5/h3,5,10H,1-2,4,9H2. The molecule has 1 heterocycles. The van der Waals surface area contributed by atoms with Crippen LogP contribution in [-0.2, 0) is 10.0 Å². The van der Waals surface area contributed by atoms with E-state index in [-0.39, 0.29) is 14.9 Å². The summed E-state index contributed by atoms with van der Waals surface area (Å²) in [4.78, 5) is 9.87. The Morgan fingerprint density at radius 1 is 1.59 bits per heavy atom. The first-order valence-electron chi connectivity index (χ1n) is 4.93. The predicted molar refractivity (Wildman–Crippen MR) is 63.3 cm³/mol. The van der Waals surface area contributed by atoms with Crippen LogP contribution in [0.4, 0.5) is 10.7 Å². The van der Waals surface area contributed by atoms with Gasteiger partial charge in [-0.3, -0.25) is 10.1 Å². The third-order valence-corrected chi connectivity index (χ3v) is 5.29. The molecule has 1 aliphatic carbocycles. The van der Waals surface area contributed by atoms with E-state index in [1.165, 1.54) is 0 Å². The number of nitrogens with zero attached hydrogens (tertiary/aromatic N) is 1. The van der Waals surface area contributed by atoms with Crippen LogP contribution in [0, 0.1) is 16.0 Å². The highest BCUT2D eigenvalue weighted by atomic mass is 32.2. The van der Waals surface area contributed by atoms with Gasteiger partial charge in [0.1, 0.15) is 4.21 Å². The normalized spacial score (nSPS) is 16.0. The molecule has 7 nitrogen and oxygen atoms in total. The van der Waals surface area contributed by atoms with Gasteiger partial charge in [0.2, 0.25) is 10.0 Å². The lowest BCUT2D eigenvalue weighted by Gasteiger charge is -2.01. The lowest BCUT2D eigenvalue weighted by molar-refractivity contribution is -0.383. The van der Waals surface area contributed by atoms with Crippen molar-refractivity contribution < 1.29 is 13.3 Å². The van der Waals surface area contributed by atoms with Crippen molar-refractivity contribution in [2.24, 2.45) is 5.92 Å². The third-order valence-electron chi connectivity index (χ3n) is 2.44. The SMILES string of the molecule is Nc1sc(S(=O)(=O)NCC2CC2)cc1[N+](=O)[O-]. The highest BCUT2D eigenvalue weighted by Crippen LogP contribution is 2.34. The predicted octanol–water partition coefficient (Wildman–Crippen LogP) is 0.927. The van der Waals surface area contributed by atoms with Gasteiger partial charge in [-0.15, -0.1) is 0 Å². The Morgan fingerprint density at radius 3 is 2.71 bits per heavy atom. The van der Waals surface area contributed by atoms with Gasteiger partial charge in [-0.05, 0) is 18.8 Å². The van der Waals surface area contributed by atoms with Crippen molar-refractivity contribution in [1.29, 1.82) is 0 Å². The van der Waals surface area contributed by atoms with Crippen molar-refractivity contribution in [2.45, 2.75) is 17.1 Å². The van der Waals surface area contributed by atoms with E-state index in [0.717, 1.165) is 18.9 Å². The zero-order valence-corrected chi connectivity index (χ0v) is 10.4. The summed E-state index contributed by atoms with van der Waals surface area (Å²) in [5.41, 5.74) is 5.03. The number of rotatable bonds is 5. The van der Waals surface area contributed by atoms with Crippen LogP contribution in [0.3, 0.4) is 0 Å². The number of sulfonamides is 1. The number of thiophene rings is 1. The molecule has 0 saturated heterocycles. The van der Waals surface area contributed by atoms with Crippen LogP contribution >= 0.6 is 11.3 Å². The maximum atomic E-state index is 11.8. The number of nitrogens with one attached hydrogen (secondary N) is 1. The Kier molecular flexibility index (Phi) is 3.06. The van der Waals surface area contributed by atoms with Crippen molar-refractivity contribution in [3.05, 3.63) is 16.2 Å². The smallest absolute Gasteiger partial charge is 0.304 e. The number of nitro groups is 1. The summed E-state index contributed by atoms with van der Waals surface area (Å²) in [6.45, 7) is 0.383. The zero-order chi connectivity index (χ0) is 12.6. The minimum Gasteiger partial charge on any atom is -0.385 e. The lowest BCUT2D eigenvalue weighted by Crippen LogP contribution is -2.25. The van der Waals surface area contributed by atoms with Crippen LogP contribution in [0.1, 0.15) is 12.8 Å². The van der Waals surface area contributed by atoms with Gasteiger partial charge in [0.05, 0.1) is 4.92 Å². The van der Waals surface area contributed by atoms with Gasteiger partial charge in [0, 0.05) is 12.6 Å². The fraction of sp³-hybridized carbons (Fsp3) is 0.500. The zero-order valence-electron chi connectivity index (χ0n) is 8.75. The Morgan fingerprint density at radius 2 is 2.24 bits per heavy atom. The van der Waals surface area contributed by atoms with Crippen LogP contribution in [0.15, 0.2) is 10.3 Å². The molecule has 1 aromatic heterocycles. The van der Waals surface area contributed by atoms with Gasteiger partial charge in [-0.1, -0.05) is 11.3 Å². The van der Waals surface area contributed by atoms with E-state index >= 15 is 0 Å². The summed E-state index contributed by atoms with van der Waals surface area (Å²) < 4.78 is 25.9. The van der Waals surface area contributed by atoms with E-state index in [1.54, 1.807) is 0 Å². The monoisotopic (exact) mass is 277 g/mol. The molecular formula is C8H11N3O4S2. The molecule has 1 aliphatic rings. The topological polar surface area (TPSA) is 115 Å². The highest BCUT2D eigenvalue weighted by molar-refractivity contribution is 7.91. The molecule has 94 valence electrons. The third kappa shape index (κ3) is 2.73. The largest absolute Gasteiger partial charge is 0.385 e. The van der Waals surface area contributed by atoms with Gasteiger partial charge in [0.15, 0.2) is 5.00 Å². The van der Waals surface area contributed by atoms with Crippen molar-refractivity contribution >= 4 is 32.0 Å². The molecule has 17 heavy (non-hydrogen) atoms. The Hall–Kier alpha value is -1.19. The van der Waals surface area contributed by atoms with E-state index < -0.39 is 14.9 Å². The van der Waals surface area contributed by atoms with E-state index in [9.17, 15) is 18.5 Å². The number of hydrogen-bond acceptors (Lipinski definition) is 6. The number of hydrogen-bond donors (Lipinski definition) is 2. The van der Waals surface area contributed by atoms with E-state index in [1.807, 2.05) is 0 Å². The molecule has 0 radical (unpaired) electrons. The van der Waals surface area contributed by atoms with Crippen LogP contribution in [0.5, 0.6) is 0 Å². The maximum Gasteiger partial charge on any atom is 0.304 e. The minimum absolute atomic E-state index is 0.0956. The number of anilines is 1. The molecule has 0 unspecified atom stereocenters. The molecule has 2 rings (SSSR count). The second-order valence-electron chi connectivity index (χ2n) is 3.87. The summed E-state index contributed by atoms with van der Waals surface area (Å²) in [7, 11) is -3.67. The minimum atomic E-state index is -3.67. The molecule has 0 amide bonds. The summed E-state index contributed by atoms with van der Waals surface area (Å²) in [6, 6.07) is 0.995. The van der Waals surface area contributed by atoms with Crippen molar-refractivity contribution in [2.75, 3.05) is 12.3 Å². The molecule has 1 aromatic rings. The Balaban J connectivity index is 2.19. The molecule has 3 N–H and O–H groups in total. The number of nitrogen functional groups attached to an aromatic ring is 1. The average molecular weight is 277 g/mol. The number of nitrogens with two attached hydrogens (primary N) is 1.